The maximum atomic E-state index is 12.1. The summed E-state index contributed by atoms with van der Waals surface area (Å²) >= 11 is 0. The number of aliphatic hydroxyl groups excluding tert-OH is 1. The number of carbonyl (C=O) groups excluding carboxylic acids is 2. The summed E-state index contributed by atoms with van der Waals surface area (Å²) in [6.07, 6.45) is -4.79. The van der Waals surface area contributed by atoms with Crippen LogP contribution in [0.4, 0.5) is 13.2 Å². The zero-order valence-electron chi connectivity index (χ0n) is 13.9. The Balaban J connectivity index is 1.88. The number of esters is 1. The highest BCUT2D eigenvalue weighted by Crippen LogP contribution is 2.22. The highest BCUT2D eigenvalue weighted by molar-refractivity contribution is 5.96. The Kier molecular flexibility index (Phi) is 6.78. The Labute approximate surface area is 152 Å². The van der Waals surface area contributed by atoms with Crippen molar-refractivity contribution in [3.05, 3.63) is 65.7 Å². The van der Waals surface area contributed by atoms with Gasteiger partial charge in [0.15, 0.2) is 6.04 Å². The molecule has 0 aliphatic heterocycles. The molecule has 2 aromatic rings. The summed E-state index contributed by atoms with van der Waals surface area (Å²) in [4.78, 5) is 24.0. The van der Waals surface area contributed by atoms with Gasteiger partial charge in [-0.3, -0.25) is 4.79 Å². The number of hydrogen-bond acceptors (Lipinski definition) is 5. The summed E-state index contributed by atoms with van der Waals surface area (Å²) in [5.74, 6) is -1.83. The van der Waals surface area contributed by atoms with Gasteiger partial charge in [-0.1, -0.05) is 30.3 Å². The summed E-state index contributed by atoms with van der Waals surface area (Å²) < 4.78 is 45.0. The fraction of sp³-hybridized carbons (Fsp3) is 0.222. The molecule has 0 saturated carbocycles. The van der Waals surface area contributed by atoms with Crippen molar-refractivity contribution >= 4 is 11.9 Å². The second-order valence-electron chi connectivity index (χ2n) is 5.37. The van der Waals surface area contributed by atoms with Gasteiger partial charge >= 0.3 is 12.3 Å². The molecule has 0 heterocycles. The molecule has 0 saturated heterocycles. The molecule has 0 fully saturated rings. The Morgan fingerprint density at radius 3 is 2.22 bits per heavy atom. The van der Waals surface area contributed by atoms with Crippen molar-refractivity contribution in [2.45, 2.75) is 19.0 Å². The van der Waals surface area contributed by atoms with Crippen LogP contribution >= 0.6 is 0 Å². The lowest BCUT2D eigenvalue weighted by Gasteiger charge is -2.15. The molecule has 0 aromatic heterocycles. The third kappa shape index (κ3) is 6.63. The lowest BCUT2D eigenvalue weighted by Crippen LogP contribution is -2.44. The zero-order chi connectivity index (χ0) is 19.9. The Bertz CT molecular complexity index is 763. The molecule has 6 nitrogen and oxygen atoms in total. The number of hydrogen-bond donors (Lipinski definition) is 2. The highest BCUT2D eigenvalue weighted by Gasteiger charge is 2.31. The quantitative estimate of drug-likeness (QED) is 0.718. The summed E-state index contributed by atoms with van der Waals surface area (Å²) in [7, 11) is 0. The summed E-state index contributed by atoms with van der Waals surface area (Å²) in [5.41, 5.74) is 0.716. The van der Waals surface area contributed by atoms with Crippen LogP contribution in [0.15, 0.2) is 54.6 Å². The maximum Gasteiger partial charge on any atom is 0.573 e. The van der Waals surface area contributed by atoms with E-state index in [2.05, 4.69) is 10.1 Å². The van der Waals surface area contributed by atoms with E-state index in [-0.39, 0.29) is 6.61 Å². The second kappa shape index (κ2) is 9.04. The average molecular weight is 383 g/mol. The summed E-state index contributed by atoms with van der Waals surface area (Å²) in [5, 5.41) is 11.6. The zero-order valence-corrected chi connectivity index (χ0v) is 13.9. The number of ether oxygens (including phenoxy) is 2. The molecular formula is C18H16F3NO5. The lowest BCUT2D eigenvalue weighted by atomic mass is 10.2. The smallest absolute Gasteiger partial charge is 0.459 e. The Morgan fingerprint density at radius 2 is 1.67 bits per heavy atom. The minimum Gasteiger partial charge on any atom is -0.459 e. The van der Waals surface area contributed by atoms with Crippen molar-refractivity contribution in [1.82, 2.24) is 5.32 Å². The van der Waals surface area contributed by atoms with Gasteiger partial charge in [0.2, 0.25) is 0 Å². The van der Waals surface area contributed by atoms with Crippen LogP contribution in [0.3, 0.4) is 0 Å². The summed E-state index contributed by atoms with van der Waals surface area (Å²) in [6.45, 7) is -0.918. The molecular weight excluding hydrogens is 367 g/mol. The van der Waals surface area contributed by atoms with Crippen LogP contribution in [-0.2, 0) is 16.1 Å². The number of carbonyl (C=O) groups is 2. The summed E-state index contributed by atoms with van der Waals surface area (Å²) in [6, 6.07) is 11.6. The van der Waals surface area contributed by atoms with E-state index in [1.807, 2.05) is 0 Å². The van der Waals surface area contributed by atoms with Crippen LogP contribution in [0.2, 0.25) is 0 Å². The molecule has 2 N–H and O–H groups in total. The van der Waals surface area contributed by atoms with Crippen molar-refractivity contribution in [3.8, 4) is 5.75 Å². The molecule has 0 aliphatic carbocycles. The molecule has 0 aliphatic rings. The van der Waals surface area contributed by atoms with Gasteiger partial charge in [-0.25, -0.2) is 4.79 Å². The fourth-order valence-electron chi connectivity index (χ4n) is 2.05. The minimum absolute atomic E-state index is 0.247. The van der Waals surface area contributed by atoms with E-state index in [0.29, 0.717) is 11.1 Å². The molecule has 1 atom stereocenters. The molecule has 2 rings (SSSR count). The van der Waals surface area contributed by atoms with Gasteiger partial charge in [-0.2, -0.15) is 0 Å². The van der Waals surface area contributed by atoms with Crippen LogP contribution in [0.1, 0.15) is 15.9 Å². The Morgan fingerprint density at radius 1 is 1.04 bits per heavy atom. The van der Waals surface area contributed by atoms with E-state index < -0.39 is 36.6 Å². The van der Waals surface area contributed by atoms with Crippen molar-refractivity contribution < 1.29 is 37.3 Å². The molecule has 1 amide bonds. The van der Waals surface area contributed by atoms with Crippen LogP contribution in [-0.4, -0.2) is 36.0 Å². The molecule has 27 heavy (non-hydrogen) atoms. The van der Waals surface area contributed by atoms with Crippen LogP contribution in [0.5, 0.6) is 5.75 Å². The van der Waals surface area contributed by atoms with E-state index in [1.54, 1.807) is 30.3 Å². The molecule has 0 radical (unpaired) electrons. The number of amides is 1. The molecule has 9 heteroatoms. The van der Waals surface area contributed by atoms with Crippen molar-refractivity contribution in [2.24, 2.45) is 0 Å². The Hall–Kier alpha value is -3.07. The number of alkyl halides is 3. The van der Waals surface area contributed by atoms with Crippen LogP contribution in [0, 0.1) is 0 Å². The number of nitrogens with one attached hydrogen (secondary N) is 1. The van der Waals surface area contributed by atoms with E-state index in [9.17, 15) is 27.9 Å². The monoisotopic (exact) mass is 383 g/mol. The first-order valence-electron chi connectivity index (χ1n) is 7.76. The largest absolute Gasteiger partial charge is 0.573 e. The highest BCUT2D eigenvalue weighted by atomic mass is 19.4. The number of benzene rings is 2. The van der Waals surface area contributed by atoms with Gasteiger partial charge in [0, 0.05) is 5.56 Å². The normalized spacial score (nSPS) is 12.1. The van der Waals surface area contributed by atoms with Crippen LogP contribution < -0.4 is 10.1 Å². The molecule has 1 unspecified atom stereocenters. The van der Waals surface area contributed by atoms with Crippen molar-refractivity contribution in [2.75, 3.05) is 6.61 Å². The topological polar surface area (TPSA) is 84.9 Å². The van der Waals surface area contributed by atoms with E-state index in [1.165, 1.54) is 12.1 Å². The first-order valence-corrected chi connectivity index (χ1v) is 7.76. The van der Waals surface area contributed by atoms with Gasteiger partial charge in [0.05, 0.1) is 6.61 Å². The molecule has 0 bridgehead atoms. The number of aliphatic hydroxyl groups is 1. The van der Waals surface area contributed by atoms with Gasteiger partial charge in [-0.15, -0.1) is 13.2 Å². The van der Waals surface area contributed by atoms with Crippen molar-refractivity contribution in [3.63, 3.8) is 0 Å². The van der Waals surface area contributed by atoms with Gasteiger partial charge < -0.3 is 19.9 Å². The predicted octanol–water partition coefficient (Wildman–Crippen LogP) is 2.42. The average Bonchev–Trinajstić information content (AvgIpc) is 2.64. The number of halogens is 3. The lowest BCUT2D eigenvalue weighted by molar-refractivity contribution is -0.274. The van der Waals surface area contributed by atoms with Crippen molar-refractivity contribution in [1.29, 1.82) is 0 Å². The minimum atomic E-state index is -4.79. The third-order valence-corrected chi connectivity index (χ3v) is 3.35. The SMILES string of the molecule is O=C(NC(CO)C(=O)OCc1ccc(OC(F)(F)F)cc1)c1ccccc1. The van der Waals surface area contributed by atoms with Crippen LogP contribution in [0.25, 0.3) is 0 Å². The maximum absolute atomic E-state index is 12.1. The second-order valence-corrected chi connectivity index (χ2v) is 5.37. The van der Waals surface area contributed by atoms with Gasteiger partial charge in [0.25, 0.3) is 5.91 Å². The molecule has 2 aromatic carbocycles. The standard InChI is InChI=1S/C18H16F3NO5/c19-18(20,21)27-14-8-6-12(7-9-14)11-26-17(25)15(10-23)22-16(24)13-4-2-1-3-5-13/h1-9,15,23H,10-11H2,(H,22,24). The predicted molar refractivity (Wildman–Crippen MR) is 87.7 cm³/mol. The van der Waals surface area contributed by atoms with E-state index in [0.717, 1.165) is 12.1 Å². The first kappa shape index (κ1) is 20.2. The van der Waals surface area contributed by atoms with Gasteiger partial charge in [-0.05, 0) is 29.8 Å². The number of rotatable bonds is 7. The van der Waals surface area contributed by atoms with E-state index in [4.69, 9.17) is 4.74 Å². The molecule has 0 spiro atoms. The fourth-order valence-corrected chi connectivity index (χ4v) is 2.05. The van der Waals surface area contributed by atoms with E-state index >= 15 is 0 Å². The first-order chi connectivity index (χ1) is 12.8. The molecule has 144 valence electrons. The van der Waals surface area contributed by atoms with Gasteiger partial charge in [0.1, 0.15) is 12.4 Å². The third-order valence-electron chi connectivity index (χ3n) is 3.35.